The van der Waals surface area contributed by atoms with Crippen LogP contribution in [0.4, 0.5) is 0 Å². The predicted octanol–water partition coefficient (Wildman–Crippen LogP) is 1.98. The van der Waals surface area contributed by atoms with Gasteiger partial charge < -0.3 is 14.6 Å². The van der Waals surface area contributed by atoms with Crippen LogP contribution >= 0.6 is 12.2 Å². The van der Waals surface area contributed by atoms with Crippen molar-refractivity contribution in [3.05, 3.63) is 46.2 Å². The van der Waals surface area contributed by atoms with Crippen LogP contribution in [0.1, 0.15) is 16.8 Å². The van der Waals surface area contributed by atoms with Crippen LogP contribution in [0.5, 0.6) is 5.75 Å². The molecule has 3 aromatic heterocycles. The van der Waals surface area contributed by atoms with Crippen LogP contribution < -0.4 is 0 Å². The Morgan fingerprint density at radius 1 is 1.52 bits per heavy atom. The Bertz CT molecular complexity index is 911. The summed E-state index contributed by atoms with van der Waals surface area (Å²) < 4.78 is 6.92. The Kier molecular flexibility index (Phi) is 4.04. The summed E-state index contributed by atoms with van der Waals surface area (Å²) in [4.78, 5) is 4.00. The van der Waals surface area contributed by atoms with Crippen molar-refractivity contribution in [3.8, 4) is 17.3 Å². The van der Waals surface area contributed by atoms with Gasteiger partial charge in [0.2, 0.25) is 10.6 Å². The normalized spacial score (nSPS) is 11.4. The largest absolute Gasteiger partial charge is 0.505 e. The van der Waals surface area contributed by atoms with Crippen LogP contribution in [-0.2, 0) is 6.61 Å². The van der Waals surface area contributed by atoms with E-state index in [2.05, 4.69) is 20.3 Å². The molecule has 0 unspecified atom stereocenters. The van der Waals surface area contributed by atoms with Gasteiger partial charge in [0.05, 0.1) is 24.8 Å². The number of aliphatic hydroxyl groups excluding tert-OH is 1. The van der Waals surface area contributed by atoms with E-state index in [0.717, 1.165) is 0 Å². The number of aliphatic hydroxyl groups is 1. The first kappa shape index (κ1) is 15.1. The summed E-state index contributed by atoms with van der Waals surface area (Å²) in [7, 11) is 0. The molecule has 23 heavy (non-hydrogen) atoms. The van der Waals surface area contributed by atoms with Gasteiger partial charge in [-0.2, -0.15) is 9.78 Å². The number of aromatic hydroxyl groups is 1. The first-order valence-electron chi connectivity index (χ1n) is 6.65. The Morgan fingerprint density at radius 3 is 3.04 bits per heavy atom. The van der Waals surface area contributed by atoms with E-state index >= 15 is 0 Å². The van der Waals surface area contributed by atoms with Gasteiger partial charge in [0, 0.05) is 17.3 Å². The van der Waals surface area contributed by atoms with Crippen molar-refractivity contribution in [1.82, 2.24) is 19.9 Å². The molecule has 0 atom stereocenters. The number of nitrogens with zero attached hydrogens (tertiary/aromatic N) is 4. The highest BCUT2D eigenvalue weighted by Crippen LogP contribution is 2.23. The molecule has 0 fully saturated rings. The Morgan fingerprint density at radius 2 is 2.35 bits per heavy atom. The average molecular weight is 331 g/mol. The second kappa shape index (κ2) is 6.15. The number of furan rings is 1. The van der Waals surface area contributed by atoms with Gasteiger partial charge in [0.15, 0.2) is 5.76 Å². The number of nitrogens with one attached hydrogen (secondary N) is 1. The highest BCUT2D eigenvalue weighted by atomic mass is 32.1. The van der Waals surface area contributed by atoms with Gasteiger partial charge >= 0.3 is 0 Å². The maximum absolute atomic E-state index is 10.1. The monoisotopic (exact) mass is 331 g/mol. The summed E-state index contributed by atoms with van der Waals surface area (Å²) in [6, 6.07) is 3.45. The molecule has 9 heteroatoms. The van der Waals surface area contributed by atoms with Crippen molar-refractivity contribution >= 4 is 18.4 Å². The SMILES string of the molecule is Cc1ncc(CO)c(/C=N/n2c(-c3ccco3)n[nH]c2=S)c1O. The smallest absolute Gasteiger partial charge is 0.219 e. The molecule has 3 N–H and O–H groups in total. The second-order valence-corrected chi connectivity index (χ2v) is 5.06. The lowest BCUT2D eigenvalue weighted by atomic mass is 10.1. The molecule has 3 aromatic rings. The molecule has 0 aliphatic heterocycles. The molecule has 118 valence electrons. The van der Waals surface area contributed by atoms with Crippen LogP contribution in [0.15, 0.2) is 34.1 Å². The number of rotatable bonds is 4. The fraction of sp³-hybridized carbons (Fsp3) is 0.143. The topological polar surface area (TPSA) is 112 Å². The van der Waals surface area contributed by atoms with Gasteiger partial charge in [-0.25, -0.2) is 5.10 Å². The van der Waals surface area contributed by atoms with Crippen LogP contribution in [0.2, 0.25) is 0 Å². The van der Waals surface area contributed by atoms with Crippen molar-refractivity contribution in [2.45, 2.75) is 13.5 Å². The van der Waals surface area contributed by atoms with Gasteiger partial charge in [0.1, 0.15) is 5.75 Å². The Labute approximate surface area is 135 Å². The van der Waals surface area contributed by atoms with E-state index in [1.165, 1.54) is 23.4 Å². The fourth-order valence-corrected chi connectivity index (χ4v) is 2.18. The van der Waals surface area contributed by atoms with E-state index in [4.69, 9.17) is 16.6 Å². The van der Waals surface area contributed by atoms with Crippen LogP contribution in [0.25, 0.3) is 11.6 Å². The van der Waals surface area contributed by atoms with Crippen molar-refractivity contribution in [2.75, 3.05) is 0 Å². The molecule has 0 saturated carbocycles. The number of H-pyrrole nitrogens is 1. The van der Waals surface area contributed by atoms with Crippen LogP contribution in [-0.4, -0.2) is 36.3 Å². The van der Waals surface area contributed by atoms with Crippen molar-refractivity contribution in [1.29, 1.82) is 0 Å². The zero-order chi connectivity index (χ0) is 16.4. The van der Waals surface area contributed by atoms with Crippen LogP contribution in [0, 0.1) is 11.7 Å². The predicted molar refractivity (Wildman–Crippen MR) is 84.7 cm³/mol. The number of aryl methyl sites for hydroxylation is 1. The first-order chi connectivity index (χ1) is 11.1. The fourth-order valence-electron chi connectivity index (χ4n) is 2.00. The number of hydrogen-bond acceptors (Lipinski definition) is 7. The third-order valence-electron chi connectivity index (χ3n) is 3.22. The molecule has 0 aliphatic carbocycles. The first-order valence-corrected chi connectivity index (χ1v) is 7.06. The van der Waals surface area contributed by atoms with Gasteiger partial charge in [-0.3, -0.25) is 4.98 Å². The third kappa shape index (κ3) is 2.79. The quantitative estimate of drug-likeness (QED) is 0.498. The minimum absolute atomic E-state index is 0.0464. The Hall–Kier alpha value is -2.78. The standard InChI is InChI=1S/C14H13N5O3S/c1-8-12(21)10(9(7-20)5-15-8)6-16-19-13(17-18-14(19)23)11-3-2-4-22-11/h2-6,20-21H,7H2,1H3,(H,18,23)/b16-6+. The number of hydrogen-bond donors (Lipinski definition) is 3. The molecular weight excluding hydrogens is 318 g/mol. The van der Waals surface area contributed by atoms with Crippen molar-refractivity contribution in [3.63, 3.8) is 0 Å². The summed E-state index contributed by atoms with van der Waals surface area (Å²) in [5.74, 6) is 0.842. The second-order valence-electron chi connectivity index (χ2n) is 4.68. The number of aromatic nitrogens is 4. The van der Waals surface area contributed by atoms with Crippen molar-refractivity contribution in [2.24, 2.45) is 5.10 Å². The summed E-state index contributed by atoms with van der Waals surface area (Å²) in [6.07, 6.45) is 4.40. The highest BCUT2D eigenvalue weighted by Gasteiger charge is 2.12. The summed E-state index contributed by atoms with van der Waals surface area (Å²) >= 11 is 5.15. The van der Waals surface area contributed by atoms with E-state index in [1.54, 1.807) is 19.1 Å². The summed E-state index contributed by atoms with van der Waals surface area (Å²) in [6.45, 7) is 1.38. The zero-order valence-electron chi connectivity index (χ0n) is 12.1. The molecule has 0 aromatic carbocycles. The van der Waals surface area contributed by atoms with Gasteiger partial charge in [-0.05, 0) is 31.3 Å². The highest BCUT2D eigenvalue weighted by molar-refractivity contribution is 7.71. The van der Waals surface area contributed by atoms with Gasteiger partial charge in [-0.15, -0.1) is 5.10 Å². The molecule has 3 heterocycles. The lowest BCUT2D eigenvalue weighted by Crippen LogP contribution is -2.00. The molecule has 0 aliphatic rings. The maximum atomic E-state index is 10.1. The van der Waals surface area contributed by atoms with Crippen LogP contribution in [0.3, 0.4) is 0 Å². The van der Waals surface area contributed by atoms with E-state index in [0.29, 0.717) is 28.4 Å². The molecule has 0 spiro atoms. The maximum Gasteiger partial charge on any atom is 0.219 e. The van der Waals surface area contributed by atoms with Gasteiger partial charge in [0.25, 0.3) is 0 Å². The molecular formula is C14H13N5O3S. The van der Waals surface area contributed by atoms with E-state index in [9.17, 15) is 10.2 Å². The zero-order valence-corrected chi connectivity index (χ0v) is 12.9. The third-order valence-corrected chi connectivity index (χ3v) is 3.49. The molecule has 0 bridgehead atoms. The molecule has 0 saturated heterocycles. The minimum Gasteiger partial charge on any atom is -0.505 e. The molecule has 0 radical (unpaired) electrons. The molecule has 8 nitrogen and oxygen atoms in total. The van der Waals surface area contributed by atoms with Crippen molar-refractivity contribution < 1.29 is 14.6 Å². The lowest BCUT2D eigenvalue weighted by Gasteiger charge is -2.07. The summed E-state index contributed by atoms with van der Waals surface area (Å²) in [5.41, 5.74) is 1.26. The van der Waals surface area contributed by atoms with E-state index in [-0.39, 0.29) is 17.1 Å². The number of pyridine rings is 1. The lowest BCUT2D eigenvalue weighted by molar-refractivity contribution is 0.280. The summed E-state index contributed by atoms with van der Waals surface area (Å²) in [5, 5.41) is 30.4. The molecule has 3 rings (SSSR count). The average Bonchev–Trinajstić information content (AvgIpc) is 3.18. The van der Waals surface area contributed by atoms with E-state index < -0.39 is 0 Å². The Balaban J connectivity index is 2.07. The van der Waals surface area contributed by atoms with E-state index in [1.807, 2.05) is 0 Å². The minimum atomic E-state index is -0.274. The van der Waals surface area contributed by atoms with Gasteiger partial charge in [-0.1, -0.05) is 0 Å². The number of aromatic amines is 1. The molecule has 0 amide bonds.